The molecule has 0 saturated carbocycles. The maximum Gasteiger partial charge on any atom is 0.342 e. The highest BCUT2D eigenvalue weighted by atomic mass is 16.5. The zero-order valence-electron chi connectivity index (χ0n) is 17.0. The number of phenolic OH excluding ortho intramolecular Hbond substituents is 1. The van der Waals surface area contributed by atoms with Gasteiger partial charge in [-0.05, 0) is 30.4 Å². The van der Waals surface area contributed by atoms with Crippen LogP contribution in [0.1, 0.15) is 49.0 Å². The summed E-state index contributed by atoms with van der Waals surface area (Å²) in [4.78, 5) is 36.0. The van der Waals surface area contributed by atoms with Crippen molar-refractivity contribution >= 4 is 17.8 Å². The topological polar surface area (TPSA) is 171 Å². The van der Waals surface area contributed by atoms with E-state index in [1.807, 2.05) is 13.8 Å². The molecule has 0 aliphatic carbocycles. The van der Waals surface area contributed by atoms with E-state index in [1.54, 1.807) is 17.6 Å². The zero-order chi connectivity index (χ0) is 22.4. The monoisotopic (exact) mass is 423 g/mol. The molecule has 0 aromatic heterocycles. The number of phenols is 1. The number of aliphatic hydroxyl groups excluding tert-OH is 2. The molecule has 30 heavy (non-hydrogen) atoms. The van der Waals surface area contributed by atoms with Crippen LogP contribution in [0.3, 0.4) is 0 Å². The number of benzene rings is 1. The number of esters is 1. The van der Waals surface area contributed by atoms with Gasteiger partial charge in [-0.2, -0.15) is 0 Å². The first-order valence-electron chi connectivity index (χ1n) is 9.81. The van der Waals surface area contributed by atoms with Crippen molar-refractivity contribution in [3.8, 4) is 5.75 Å². The van der Waals surface area contributed by atoms with Gasteiger partial charge in [0.05, 0.1) is 12.1 Å². The number of rotatable bonds is 9. The van der Waals surface area contributed by atoms with Crippen molar-refractivity contribution < 1.29 is 34.4 Å². The molecular weight excluding hydrogens is 394 g/mol. The average Bonchev–Trinajstić information content (AvgIpc) is 2.69. The van der Waals surface area contributed by atoms with Gasteiger partial charge in [-0.15, -0.1) is 0 Å². The summed E-state index contributed by atoms with van der Waals surface area (Å²) < 4.78 is 5.50. The Balaban J connectivity index is 2.03. The van der Waals surface area contributed by atoms with E-state index < -0.39 is 42.1 Å². The van der Waals surface area contributed by atoms with Crippen molar-refractivity contribution in [3.63, 3.8) is 0 Å². The summed E-state index contributed by atoms with van der Waals surface area (Å²) in [5.41, 5.74) is 2.51. The lowest BCUT2D eigenvalue weighted by Gasteiger charge is -2.33. The fourth-order valence-electron chi connectivity index (χ4n) is 3.46. The summed E-state index contributed by atoms with van der Waals surface area (Å²) >= 11 is 0. The van der Waals surface area contributed by atoms with Gasteiger partial charge in [0.1, 0.15) is 17.4 Å². The van der Waals surface area contributed by atoms with Crippen LogP contribution < -0.4 is 16.6 Å². The van der Waals surface area contributed by atoms with Crippen LogP contribution in [-0.2, 0) is 20.7 Å². The van der Waals surface area contributed by atoms with Gasteiger partial charge in [-0.25, -0.2) is 10.6 Å². The van der Waals surface area contributed by atoms with E-state index in [0.717, 1.165) is 0 Å². The van der Waals surface area contributed by atoms with Crippen molar-refractivity contribution in [2.45, 2.75) is 63.9 Å². The lowest BCUT2D eigenvalue weighted by molar-refractivity contribution is -0.136. The molecule has 166 valence electrons. The lowest BCUT2D eigenvalue weighted by atomic mass is 9.90. The molecule has 4 unspecified atom stereocenters. The van der Waals surface area contributed by atoms with Gasteiger partial charge in [-0.1, -0.05) is 26.0 Å². The number of carbonyl (C=O) groups excluding carboxylic acids is 3. The summed E-state index contributed by atoms with van der Waals surface area (Å²) in [5.74, 6) is 2.95. The molecule has 2 rings (SSSR count). The summed E-state index contributed by atoms with van der Waals surface area (Å²) in [6.45, 7) is 3.93. The van der Waals surface area contributed by atoms with Gasteiger partial charge in [0, 0.05) is 12.8 Å². The SMILES string of the molecule is CC(C)CC(NC(=O)CCC(O)C(O)C(=O)NN)C1Cc2cccc(O)c2C(=O)O1. The highest BCUT2D eigenvalue weighted by Gasteiger charge is 2.35. The summed E-state index contributed by atoms with van der Waals surface area (Å²) in [6.07, 6.45) is -3.23. The second kappa shape index (κ2) is 10.4. The van der Waals surface area contributed by atoms with Crippen LogP contribution in [0, 0.1) is 5.92 Å². The third-order valence-electron chi connectivity index (χ3n) is 4.98. The number of aromatic hydroxyl groups is 1. The normalized spacial score (nSPS) is 18.7. The standard InChI is InChI=1S/C20H29N3O7/c1-10(2)8-12(22-16(26)7-6-14(25)18(27)19(28)23-21)15-9-11-4-3-5-13(24)17(11)20(29)30-15/h3-5,10,12,14-15,18,24-25,27H,6-9,21H2,1-2H3,(H,22,26)(H,23,28). The first kappa shape index (κ1) is 23.6. The molecule has 0 spiro atoms. The van der Waals surface area contributed by atoms with Crippen molar-refractivity contribution in [3.05, 3.63) is 29.3 Å². The van der Waals surface area contributed by atoms with Gasteiger partial charge in [0.25, 0.3) is 5.91 Å². The molecule has 0 radical (unpaired) electrons. The fraction of sp³-hybridized carbons (Fsp3) is 0.550. The number of hydrogen-bond acceptors (Lipinski definition) is 8. The number of hydrogen-bond donors (Lipinski definition) is 6. The summed E-state index contributed by atoms with van der Waals surface area (Å²) in [6, 6.07) is 4.31. The summed E-state index contributed by atoms with van der Waals surface area (Å²) in [7, 11) is 0. The van der Waals surface area contributed by atoms with Gasteiger partial charge in [-0.3, -0.25) is 15.0 Å². The Hall–Kier alpha value is -2.69. The van der Waals surface area contributed by atoms with Crippen LogP contribution >= 0.6 is 0 Å². The largest absolute Gasteiger partial charge is 0.507 e. The molecule has 10 heteroatoms. The van der Waals surface area contributed by atoms with E-state index in [1.165, 1.54) is 6.07 Å². The van der Waals surface area contributed by atoms with E-state index in [0.29, 0.717) is 18.4 Å². The van der Waals surface area contributed by atoms with E-state index in [4.69, 9.17) is 10.6 Å². The van der Waals surface area contributed by atoms with Crippen LogP contribution in [0.4, 0.5) is 0 Å². The van der Waals surface area contributed by atoms with Crippen molar-refractivity contribution in [1.29, 1.82) is 0 Å². The Kier molecular flexibility index (Phi) is 8.16. The van der Waals surface area contributed by atoms with Crippen LogP contribution in [0.25, 0.3) is 0 Å². The maximum atomic E-state index is 12.4. The van der Waals surface area contributed by atoms with E-state index >= 15 is 0 Å². The highest BCUT2D eigenvalue weighted by Crippen LogP contribution is 2.30. The fourth-order valence-corrected chi connectivity index (χ4v) is 3.46. The number of nitrogens with one attached hydrogen (secondary N) is 2. The summed E-state index contributed by atoms with van der Waals surface area (Å²) in [5, 5.41) is 32.2. The van der Waals surface area contributed by atoms with E-state index in [9.17, 15) is 29.7 Å². The molecule has 0 fully saturated rings. The first-order chi connectivity index (χ1) is 14.1. The molecule has 2 amide bonds. The number of aliphatic hydroxyl groups is 2. The van der Waals surface area contributed by atoms with Gasteiger partial charge in [0.2, 0.25) is 5.91 Å². The number of carbonyl (C=O) groups is 3. The molecule has 7 N–H and O–H groups in total. The third-order valence-corrected chi connectivity index (χ3v) is 4.98. The second-order valence-electron chi connectivity index (χ2n) is 7.82. The molecule has 0 saturated heterocycles. The van der Waals surface area contributed by atoms with Crippen molar-refractivity contribution in [1.82, 2.24) is 10.7 Å². The number of hydrazine groups is 1. The molecule has 0 bridgehead atoms. The van der Waals surface area contributed by atoms with Crippen molar-refractivity contribution in [2.75, 3.05) is 0 Å². The smallest absolute Gasteiger partial charge is 0.342 e. The van der Waals surface area contributed by atoms with Crippen LogP contribution in [-0.4, -0.2) is 57.5 Å². The number of cyclic esters (lactones) is 1. The highest BCUT2D eigenvalue weighted by molar-refractivity contribution is 5.95. The molecule has 1 aliphatic rings. The number of ether oxygens (including phenoxy) is 1. The molecule has 10 nitrogen and oxygen atoms in total. The van der Waals surface area contributed by atoms with Crippen LogP contribution in [0.15, 0.2) is 18.2 Å². The van der Waals surface area contributed by atoms with E-state index in [2.05, 4.69) is 5.32 Å². The Morgan fingerprint density at radius 1 is 1.30 bits per heavy atom. The van der Waals surface area contributed by atoms with Gasteiger partial charge in [0.15, 0.2) is 6.10 Å². The zero-order valence-corrected chi connectivity index (χ0v) is 17.0. The quantitative estimate of drug-likeness (QED) is 0.133. The Bertz CT molecular complexity index is 784. The molecular formula is C20H29N3O7. The minimum Gasteiger partial charge on any atom is -0.507 e. The molecule has 1 heterocycles. The van der Waals surface area contributed by atoms with Crippen LogP contribution in [0.2, 0.25) is 0 Å². The minimum atomic E-state index is -1.74. The number of nitrogens with two attached hydrogens (primary N) is 1. The molecule has 1 aromatic rings. The average molecular weight is 423 g/mol. The van der Waals surface area contributed by atoms with Crippen LogP contribution in [0.5, 0.6) is 5.75 Å². The van der Waals surface area contributed by atoms with Gasteiger partial charge >= 0.3 is 5.97 Å². The van der Waals surface area contributed by atoms with Gasteiger partial charge < -0.3 is 25.4 Å². The Morgan fingerprint density at radius 3 is 2.63 bits per heavy atom. The van der Waals surface area contributed by atoms with E-state index in [-0.39, 0.29) is 30.1 Å². The lowest BCUT2D eigenvalue weighted by Crippen LogP contribution is -2.49. The number of amides is 2. The minimum absolute atomic E-state index is 0.138. The third kappa shape index (κ3) is 5.91. The molecule has 1 aliphatic heterocycles. The molecule has 1 aromatic carbocycles. The Morgan fingerprint density at radius 2 is 2.00 bits per heavy atom. The second-order valence-corrected chi connectivity index (χ2v) is 7.82. The predicted octanol–water partition coefficient (Wildman–Crippen LogP) is -0.503. The Labute approximate surface area is 174 Å². The number of fused-ring (bicyclic) bond motifs is 1. The molecule has 4 atom stereocenters. The maximum absolute atomic E-state index is 12.4. The first-order valence-corrected chi connectivity index (χ1v) is 9.81. The van der Waals surface area contributed by atoms with Crippen molar-refractivity contribution in [2.24, 2.45) is 11.8 Å². The predicted molar refractivity (Wildman–Crippen MR) is 106 cm³/mol.